The van der Waals surface area contributed by atoms with Gasteiger partial charge in [-0.3, -0.25) is 0 Å². The van der Waals surface area contributed by atoms with Crippen molar-refractivity contribution in [2.45, 2.75) is 6.42 Å². The van der Waals surface area contributed by atoms with Gasteiger partial charge in [0.1, 0.15) is 0 Å². The Morgan fingerprint density at radius 1 is 1.54 bits per heavy atom. The van der Waals surface area contributed by atoms with E-state index in [0.29, 0.717) is 24.7 Å². The van der Waals surface area contributed by atoms with Crippen molar-refractivity contribution in [3.63, 3.8) is 0 Å². The van der Waals surface area contributed by atoms with Gasteiger partial charge in [-0.15, -0.1) is 11.3 Å². The highest BCUT2D eigenvalue weighted by molar-refractivity contribution is 7.13. The Labute approximate surface area is 79.4 Å². The van der Waals surface area contributed by atoms with Crippen LogP contribution in [0.3, 0.4) is 0 Å². The van der Waals surface area contributed by atoms with Crippen molar-refractivity contribution >= 4 is 11.3 Å². The van der Waals surface area contributed by atoms with Gasteiger partial charge >= 0.3 is 0 Å². The summed E-state index contributed by atoms with van der Waals surface area (Å²) in [4.78, 5) is 5.22. The van der Waals surface area contributed by atoms with Crippen molar-refractivity contribution in [3.8, 4) is 10.7 Å². The van der Waals surface area contributed by atoms with Crippen LogP contribution in [-0.4, -0.2) is 16.7 Å². The zero-order valence-electron chi connectivity index (χ0n) is 6.93. The number of aromatic nitrogens is 2. The molecule has 0 saturated carbocycles. The molecule has 2 heterocycles. The molecule has 0 atom stereocenters. The van der Waals surface area contributed by atoms with Crippen molar-refractivity contribution in [1.29, 1.82) is 0 Å². The van der Waals surface area contributed by atoms with Crippen LogP contribution >= 0.6 is 11.3 Å². The van der Waals surface area contributed by atoms with Crippen LogP contribution in [0, 0.1) is 0 Å². The van der Waals surface area contributed by atoms with Crippen molar-refractivity contribution in [1.82, 2.24) is 10.1 Å². The van der Waals surface area contributed by atoms with Gasteiger partial charge in [0.15, 0.2) is 0 Å². The summed E-state index contributed by atoms with van der Waals surface area (Å²) in [5, 5.41) is 5.83. The predicted octanol–water partition coefficient (Wildman–Crippen LogP) is 1.30. The van der Waals surface area contributed by atoms with Gasteiger partial charge in [-0.25, -0.2) is 0 Å². The second kappa shape index (κ2) is 3.68. The van der Waals surface area contributed by atoms with Gasteiger partial charge in [-0.2, -0.15) is 4.98 Å². The normalized spacial score (nSPS) is 10.5. The summed E-state index contributed by atoms with van der Waals surface area (Å²) in [5.74, 6) is 1.25. The number of thiophene rings is 1. The molecule has 13 heavy (non-hydrogen) atoms. The molecule has 0 aliphatic rings. The van der Waals surface area contributed by atoms with E-state index in [1.165, 1.54) is 0 Å². The second-order valence-electron chi connectivity index (χ2n) is 2.53. The summed E-state index contributed by atoms with van der Waals surface area (Å²) < 4.78 is 4.99. The number of nitrogens with two attached hydrogens (primary N) is 1. The molecule has 0 aliphatic heterocycles. The van der Waals surface area contributed by atoms with Crippen LogP contribution < -0.4 is 5.73 Å². The summed E-state index contributed by atoms with van der Waals surface area (Å²) in [5.41, 5.74) is 5.36. The molecule has 0 spiro atoms. The second-order valence-corrected chi connectivity index (χ2v) is 3.48. The van der Waals surface area contributed by atoms with Gasteiger partial charge < -0.3 is 10.3 Å². The molecular weight excluding hydrogens is 186 g/mol. The standard InChI is InChI=1S/C8H9N3OS/c9-4-3-7-10-8(11-12-7)6-2-1-5-13-6/h1-2,5H,3-4,9H2. The Bertz CT molecular complexity index is 368. The lowest BCUT2D eigenvalue weighted by Crippen LogP contribution is -2.02. The predicted molar refractivity (Wildman–Crippen MR) is 50.4 cm³/mol. The molecule has 2 N–H and O–H groups in total. The summed E-state index contributed by atoms with van der Waals surface area (Å²) in [6, 6.07) is 3.92. The molecule has 0 saturated heterocycles. The number of hydrogen-bond donors (Lipinski definition) is 1. The molecule has 68 valence electrons. The highest BCUT2D eigenvalue weighted by atomic mass is 32.1. The minimum absolute atomic E-state index is 0.534. The molecule has 0 amide bonds. The Hall–Kier alpha value is -1.20. The zero-order valence-corrected chi connectivity index (χ0v) is 7.75. The molecule has 0 unspecified atom stereocenters. The number of rotatable bonds is 3. The van der Waals surface area contributed by atoms with Crippen molar-refractivity contribution in [2.75, 3.05) is 6.54 Å². The van der Waals surface area contributed by atoms with E-state index in [0.717, 1.165) is 4.88 Å². The smallest absolute Gasteiger partial charge is 0.228 e. The lowest BCUT2D eigenvalue weighted by molar-refractivity contribution is 0.380. The average molecular weight is 195 g/mol. The highest BCUT2D eigenvalue weighted by Gasteiger charge is 2.07. The van der Waals surface area contributed by atoms with Gasteiger partial charge in [0, 0.05) is 13.0 Å². The molecule has 2 rings (SSSR count). The number of hydrogen-bond acceptors (Lipinski definition) is 5. The van der Waals surface area contributed by atoms with E-state index in [1.807, 2.05) is 17.5 Å². The first kappa shape index (κ1) is 8.40. The Balaban J connectivity index is 2.23. The molecular formula is C8H9N3OS. The fraction of sp³-hybridized carbons (Fsp3) is 0.250. The molecule has 0 aromatic carbocycles. The number of nitrogens with zero attached hydrogens (tertiary/aromatic N) is 2. The molecule has 0 fully saturated rings. The van der Waals surface area contributed by atoms with E-state index in [4.69, 9.17) is 10.3 Å². The van der Waals surface area contributed by atoms with Crippen LogP contribution in [0.1, 0.15) is 5.89 Å². The first-order chi connectivity index (χ1) is 6.40. The third-order valence-corrected chi connectivity index (χ3v) is 2.43. The summed E-state index contributed by atoms with van der Waals surface area (Å²) >= 11 is 1.59. The Morgan fingerprint density at radius 2 is 2.46 bits per heavy atom. The molecule has 0 bridgehead atoms. The quantitative estimate of drug-likeness (QED) is 0.801. The first-order valence-electron chi connectivity index (χ1n) is 3.96. The molecule has 0 radical (unpaired) electrons. The third-order valence-electron chi connectivity index (χ3n) is 1.57. The SMILES string of the molecule is NCCc1nc(-c2cccs2)no1. The van der Waals surface area contributed by atoms with Crippen molar-refractivity contribution in [2.24, 2.45) is 5.73 Å². The zero-order chi connectivity index (χ0) is 9.10. The maximum Gasteiger partial charge on any atom is 0.228 e. The van der Waals surface area contributed by atoms with Crippen molar-refractivity contribution < 1.29 is 4.52 Å². The molecule has 4 nitrogen and oxygen atoms in total. The van der Waals surface area contributed by atoms with Gasteiger partial charge in [-0.05, 0) is 11.4 Å². The van der Waals surface area contributed by atoms with Crippen LogP contribution in [0.5, 0.6) is 0 Å². The monoisotopic (exact) mass is 195 g/mol. The van der Waals surface area contributed by atoms with Gasteiger partial charge in [0.2, 0.25) is 11.7 Å². The van der Waals surface area contributed by atoms with Crippen LogP contribution in [0.4, 0.5) is 0 Å². The van der Waals surface area contributed by atoms with Gasteiger partial charge in [0.25, 0.3) is 0 Å². The van der Waals surface area contributed by atoms with Crippen LogP contribution in [0.2, 0.25) is 0 Å². The lowest BCUT2D eigenvalue weighted by Gasteiger charge is -1.84. The third kappa shape index (κ3) is 1.76. The molecule has 2 aromatic rings. The molecule has 2 aromatic heterocycles. The van der Waals surface area contributed by atoms with Crippen LogP contribution in [0.25, 0.3) is 10.7 Å². The van der Waals surface area contributed by atoms with E-state index in [2.05, 4.69) is 10.1 Å². The fourth-order valence-corrected chi connectivity index (χ4v) is 1.63. The van der Waals surface area contributed by atoms with Crippen molar-refractivity contribution in [3.05, 3.63) is 23.4 Å². The minimum Gasteiger partial charge on any atom is -0.339 e. The van der Waals surface area contributed by atoms with Crippen LogP contribution in [0.15, 0.2) is 22.0 Å². The van der Waals surface area contributed by atoms with E-state index in [9.17, 15) is 0 Å². The molecule has 0 aliphatic carbocycles. The Morgan fingerprint density at radius 3 is 3.15 bits per heavy atom. The van der Waals surface area contributed by atoms with E-state index in [-0.39, 0.29) is 0 Å². The van der Waals surface area contributed by atoms with E-state index in [1.54, 1.807) is 11.3 Å². The highest BCUT2D eigenvalue weighted by Crippen LogP contribution is 2.21. The van der Waals surface area contributed by atoms with Gasteiger partial charge in [-0.1, -0.05) is 11.2 Å². The maximum atomic E-state index is 5.36. The summed E-state index contributed by atoms with van der Waals surface area (Å²) in [6.45, 7) is 0.534. The maximum absolute atomic E-state index is 5.36. The Kier molecular flexibility index (Phi) is 2.37. The topological polar surface area (TPSA) is 64.9 Å². The van der Waals surface area contributed by atoms with E-state index >= 15 is 0 Å². The summed E-state index contributed by atoms with van der Waals surface area (Å²) in [7, 11) is 0. The largest absolute Gasteiger partial charge is 0.339 e. The summed E-state index contributed by atoms with van der Waals surface area (Å²) in [6.07, 6.45) is 0.637. The minimum atomic E-state index is 0.534. The first-order valence-corrected chi connectivity index (χ1v) is 4.84. The fourth-order valence-electron chi connectivity index (χ4n) is 0.986. The van der Waals surface area contributed by atoms with Crippen LogP contribution in [-0.2, 0) is 6.42 Å². The molecule has 5 heteroatoms. The average Bonchev–Trinajstić information content (AvgIpc) is 2.70. The lowest BCUT2D eigenvalue weighted by atomic mass is 10.4. The van der Waals surface area contributed by atoms with E-state index < -0.39 is 0 Å². The van der Waals surface area contributed by atoms with Gasteiger partial charge in [0.05, 0.1) is 4.88 Å².